The van der Waals surface area contributed by atoms with Gasteiger partial charge in [0.2, 0.25) is 5.91 Å². The van der Waals surface area contributed by atoms with Crippen LogP contribution in [0, 0.1) is 0 Å². The van der Waals surface area contributed by atoms with Crippen molar-refractivity contribution >= 4 is 29.9 Å². The van der Waals surface area contributed by atoms with E-state index in [1.165, 1.54) is 0 Å². The average molecular weight is 305 g/mol. The zero-order valence-corrected chi connectivity index (χ0v) is 12.3. The highest BCUT2D eigenvalue weighted by Gasteiger charge is 2.30. The highest BCUT2D eigenvalue weighted by Crippen LogP contribution is 2.29. The Bertz CT molecular complexity index is 412. The van der Waals surface area contributed by atoms with Gasteiger partial charge in [0, 0.05) is 11.6 Å². The third kappa shape index (κ3) is 4.35. The fraction of sp³-hybridized carbons (Fsp3) is 0.462. The molecule has 1 saturated heterocycles. The number of halogens is 2. The van der Waals surface area contributed by atoms with Gasteiger partial charge in [-0.3, -0.25) is 4.79 Å². The van der Waals surface area contributed by atoms with E-state index in [9.17, 15) is 4.79 Å². The van der Waals surface area contributed by atoms with Crippen molar-refractivity contribution in [1.29, 1.82) is 0 Å². The Labute approximate surface area is 124 Å². The van der Waals surface area contributed by atoms with Crippen molar-refractivity contribution in [2.75, 3.05) is 20.2 Å². The molecule has 6 heteroatoms. The zero-order chi connectivity index (χ0) is 13.0. The molecule has 0 spiro atoms. The Morgan fingerprint density at radius 2 is 2.11 bits per heavy atom. The maximum Gasteiger partial charge on any atom is 0.234 e. The minimum Gasteiger partial charge on any atom is -0.371 e. The van der Waals surface area contributed by atoms with Gasteiger partial charge in [-0.2, -0.15) is 0 Å². The number of hydrogen-bond acceptors (Lipinski definition) is 3. The molecule has 1 heterocycles. The van der Waals surface area contributed by atoms with Crippen LogP contribution in [0.3, 0.4) is 0 Å². The first-order valence-corrected chi connectivity index (χ1v) is 6.39. The van der Waals surface area contributed by atoms with Crippen molar-refractivity contribution in [2.24, 2.45) is 0 Å². The molecular formula is C13H18Cl2N2O2. The maximum atomic E-state index is 11.6. The van der Waals surface area contributed by atoms with Crippen molar-refractivity contribution in [3.05, 3.63) is 34.9 Å². The van der Waals surface area contributed by atoms with Gasteiger partial charge in [0.25, 0.3) is 0 Å². The molecule has 2 rings (SSSR count). The van der Waals surface area contributed by atoms with E-state index in [2.05, 4.69) is 10.6 Å². The first-order chi connectivity index (χ1) is 8.70. The standard InChI is InChI=1S/C13H17ClN2O2.ClH/c1-15-8-12(17)16-11-6-7-18-13(11)9-2-4-10(14)5-3-9;/h2-5,11,13,15H,6-8H2,1H3,(H,16,17);1H. The normalized spacial score (nSPS) is 21.8. The average Bonchev–Trinajstić information content (AvgIpc) is 2.78. The van der Waals surface area contributed by atoms with Gasteiger partial charge in [-0.05, 0) is 31.2 Å². The molecule has 106 valence electrons. The van der Waals surface area contributed by atoms with Crippen LogP contribution < -0.4 is 10.6 Å². The molecule has 1 aliphatic heterocycles. The predicted molar refractivity (Wildman–Crippen MR) is 77.9 cm³/mol. The van der Waals surface area contributed by atoms with Crippen LogP contribution in [0.2, 0.25) is 5.02 Å². The largest absolute Gasteiger partial charge is 0.371 e. The summed E-state index contributed by atoms with van der Waals surface area (Å²) < 4.78 is 5.69. The Morgan fingerprint density at radius 3 is 2.74 bits per heavy atom. The van der Waals surface area contributed by atoms with E-state index < -0.39 is 0 Å². The van der Waals surface area contributed by atoms with E-state index in [1.807, 2.05) is 24.3 Å². The van der Waals surface area contributed by atoms with E-state index >= 15 is 0 Å². The smallest absolute Gasteiger partial charge is 0.234 e. The molecule has 1 aromatic rings. The topological polar surface area (TPSA) is 50.4 Å². The number of likely N-dealkylation sites (N-methyl/N-ethyl adjacent to an activating group) is 1. The molecule has 2 atom stereocenters. The highest BCUT2D eigenvalue weighted by molar-refractivity contribution is 6.30. The molecule has 0 saturated carbocycles. The monoisotopic (exact) mass is 304 g/mol. The number of carbonyl (C=O) groups excluding carboxylic acids is 1. The number of carbonyl (C=O) groups is 1. The van der Waals surface area contributed by atoms with Gasteiger partial charge in [-0.25, -0.2) is 0 Å². The van der Waals surface area contributed by atoms with Crippen LogP contribution in [0.25, 0.3) is 0 Å². The number of benzene rings is 1. The molecule has 2 unspecified atom stereocenters. The van der Waals surface area contributed by atoms with Crippen molar-refractivity contribution in [3.63, 3.8) is 0 Å². The molecule has 2 N–H and O–H groups in total. The lowest BCUT2D eigenvalue weighted by Gasteiger charge is -2.20. The minimum atomic E-state index is -0.0805. The molecular weight excluding hydrogens is 287 g/mol. The van der Waals surface area contributed by atoms with Gasteiger partial charge in [0.05, 0.1) is 12.6 Å². The summed E-state index contributed by atoms with van der Waals surface area (Å²) >= 11 is 5.86. The zero-order valence-electron chi connectivity index (χ0n) is 10.7. The molecule has 0 bridgehead atoms. The maximum absolute atomic E-state index is 11.6. The Balaban J connectivity index is 0.00000180. The first-order valence-electron chi connectivity index (χ1n) is 6.01. The second kappa shape index (κ2) is 7.70. The summed E-state index contributed by atoms with van der Waals surface area (Å²) in [5.74, 6) is -0.00744. The van der Waals surface area contributed by atoms with Gasteiger partial charge < -0.3 is 15.4 Å². The molecule has 1 aromatic carbocycles. The van der Waals surface area contributed by atoms with Crippen LogP contribution in [0.15, 0.2) is 24.3 Å². The molecule has 0 radical (unpaired) electrons. The van der Waals surface area contributed by atoms with E-state index in [0.29, 0.717) is 18.2 Å². The first kappa shape index (κ1) is 16.2. The third-order valence-corrected chi connectivity index (χ3v) is 3.23. The molecule has 1 fully saturated rings. The Morgan fingerprint density at radius 1 is 1.42 bits per heavy atom. The molecule has 1 aliphatic rings. The lowest BCUT2D eigenvalue weighted by molar-refractivity contribution is -0.121. The molecule has 0 aromatic heterocycles. The second-order valence-corrected chi connectivity index (χ2v) is 4.77. The van der Waals surface area contributed by atoms with Crippen molar-refractivity contribution < 1.29 is 9.53 Å². The number of ether oxygens (including phenoxy) is 1. The molecule has 19 heavy (non-hydrogen) atoms. The second-order valence-electron chi connectivity index (χ2n) is 4.34. The lowest BCUT2D eigenvalue weighted by Crippen LogP contribution is -2.41. The molecule has 1 amide bonds. The number of amides is 1. The quantitative estimate of drug-likeness (QED) is 0.893. The SMILES string of the molecule is CNCC(=O)NC1CCOC1c1ccc(Cl)cc1.Cl. The van der Waals surface area contributed by atoms with Gasteiger partial charge in [0.1, 0.15) is 6.10 Å². The van der Waals surface area contributed by atoms with Crippen LogP contribution in [0.1, 0.15) is 18.1 Å². The van der Waals surface area contributed by atoms with Crippen LogP contribution >= 0.6 is 24.0 Å². The van der Waals surface area contributed by atoms with Crippen LogP contribution in [-0.4, -0.2) is 32.1 Å². The summed E-state index contributed by atoms with van der Waals surface area (Å²) in [5.41, 5.74) is 1.05. The predicted octanol–water partition coefficient (Wildman–Crippen LogP) is 1.93. The number of nitrogens with one attached hydrogen (secondary N) is 2. The number of hydrogen-bond donors (Lipinski definition) is 2. The Kier molecular flexibility index (Phi) is 6.58. The minimum absolute atomic E-state index is 0. The summed E-state index contributed by atoms with van der Waals surface area (Å²) in [6, 6.07) is 7.59. The van der Waals surface area contributed by atoms with Crippen LogP contribution in [0.5, 0.6) is 0 Å². The van der Waals surface area contributed by atoms with Crippen molar-refractivity contribution in [2.45, 2.75) is 18.6 Å². The summed E-state index contributed by atoms with van der Waals surface area (Å²) in [4.78, 5) is 11.6. The molecule has 4 nitrogen and oxygen atoms in total. The van der Waals surface area contributed by atoms with E-state index in [-0.39, 0.29) is 30.5 Å². The van der Waals surface area contributed by atoms with E-state index in [4.69, 9.17) is 16.3 Å². The van der Waals surface area contributed by atoms with Crippen LogP contribution in [0.4, 0.5) is 0 Å². The van der Waals surface area contributed by atoms with Gasteiger partial charge in [0.15, 0.2) is 0 Å². The summed E-state index contributed by atoms with van der Waals surface area (Å²) in [5, 5.41) is 6.52. The number of rotatable bonds is 4. The summed E-state index contributed by atoms with van der Waals surface area (Å²) in [6.45, 7) is 0.988. The van der Waals surface area contributed by atoms with Crippen molar-refractivity contribution in [3.8, 4) is 0 Å². The molecule has 0 aliphatic carbocycles. The summed E-state index contributed by atoms with van der Waals surface area (Å²) in [7, 11) is 1.75. The van der Waals surface area contributed by atoms with Gasteiger partial charge in [-0.15, -0.1) is 12.4 Å². The highest BCUT2D eigenvalue weighted by atomic mass is 35.5. The third-order valence-electron chi connectivity index (χ3n) is 2.97. The fourth-order valence-corrected chi connectivity index (χ4v) is 2.26. The van der Waals surface area contributed by atoms with E-state index in [1.54, 1.807) is 7.05 Å². The van der Waals surface area contributed by atoms with Gasteiger partial charge >= 0.3 is 0 Å². The van der Waals surface area contributed by atoms with E-state index in [0.717, 1.165) is 12.0 Å². The Hall–Kier alpha value is -0.810. The lowest BCUT2D eigenvalue weighted by atomic mass is 10.0. The van der Waals surface area contributed by atoms with Gasteiger partial charge in [-0.1, -0.05) is 23.7 Å². The summed E-state index contributed by atoms with van der Waals surface area (Å²) in [6.07, 6.45) is 0.756. The van der Waals surface area contributed by atoms with Crippen LogP contribution in [-0.2, 0) is 9.53 Å². The van der Waals surface area contributed by atoms with Crippen molar-refractivity contribution in [1.82, 2.24) is 10.6 Å². The fourth-order valence-electron chi connectivity index (χ4n) is 2.14.